The Morgan fingerprint density at radius 1 is 0.786 bits per heavy atom. The molecular weight excluding hydrogens is 350 g/mol. The zero-order valence-corrected chi connectivity index (χ0v) is 16.1. The van der Waals surface area contributed by atoms with E-state index in [1.165, 1.54) is 0 Å². The van der Waals surface area contributed by atoms with Crippen molar-refractivity contribution in [1.82, 2.24) is 4.90 Å². The summed E-state index contributed by atoms with van der Waals surface area (Å²) in [5.74, 6) is 1.35. The van der Waals surface area contributed by atoms with E-state index in [1.807, 2.05) is 54.6 Å². The Kier molecular flexibility index (Phi) is 6.12. The summed E-state index contributed by atoms with van der Waals surface area (Å²) >= 11 is 0. The van der Waals surface area contributed by atoms with Gasteiger partial charge in [0, 0.05) is 11.3 Å². The molecule has 0 radical (unpaired) electrons. The minimum atomic E-state index is -0.118. The van der Waals surface area contributed by atoms with Gasteiger partial charge in [-0.3, -0.25) is 4.79 Å². The first-order chi connectivity index (χ1) is 13.6. The fourth-order valence-corrected chi connectivity index (χ4v) is 2.88. The molecule has 0 spiro atoms. The van der Waals surface area contributed by atoms with Crippen LogP contribution in [-0.4, -0.2) is 25.0 Å². The van der Waals surface area contributed by atoms with Crippen LogP contribution in [0.15, 0.2) is 85.4 Å². The van der Waals surface area contributed by atoms with E-state index < -0.39 is 0 Å². The third kappa shape index (κ3) is 4.41. The molecule has 3 aromatic carbocycles. The molecule has 0 aromatic heterocycles. The lowest BCUT2D eigenvalue weighted by molar-refractivity contribution is 0.0828. The molecule has 28 heavy (non-hydrogen) atoms. The summed E-state index contributed by atoms with van der Waals surface area (Å²) in [5, 5.41) is 0. The standard InChI is InChI=1S/C24H23NO3/c1-18(20-9-13-22(27-2)14-10-20)25(17-19-7-5-4-6-8-19)24(26)21-11-15-23(28-3)16-12-21/h4-16H,1,17H2,2-3H3. The van der Waals surface area contributed by atoms with E-state index in [2.05, 4.69) is 6.58 Å². The molecule has 0 bridgehead atoms. The number of carbonyl (C=O) groups excluding carboxylic acids is 1. The maximum absolute atomic E-state index is 13.3. The van der Waals surface area contributed by atoms with Crippen LogP contribution in [0.4, 0.5) is 0 Å². The number of amides is 1. The normalized spacial score (nSPS) is 10.2. The maximum atomic E-state index is 13.3. The van der Waals surface area contributed by atoms with Gasteiger partial charge >= 0.3 is 0 Å². The predicted octanol–water partition coefficient (Wildman–Crippen LogP) is 5.02. The summed E-state index contributed by atoms with van der Waals surface area (Å²) in [6.07, 6.45) is 0. The van der Waals surface area contributed by atoms with Crippen molar-refractivity contribution >= 4 is 11.6 Å². The average molecular weight is 373 g/mol. The number of hydrogen-bond donors (Lipinski definition) is 0. The van der Waals surface area contributed by atoms with Crippen molar-refractivity contribution in [3.05, 3.63) is 102 Å². The number of methoxy groups -OCH3 is 2. The molecule has 0 fully saturated rings. The van der Waals surface area contributed by atoms with Crippen LogP contribution < -0.4 is 9.47 Å². The largest absolute Gasteiger partial charge is 0.497 e. The van der Waals surface area contributed by atoms with Gasteiger partial charge in [0.05, 0.1) is 20.8 Å². The van der Waals surface area contributed by atoms with Crippen molar-refractivity contribution in [3.8, 4) is 11.5 Å². The molecule has 0 aliphatic rings. The van der Waals surface area contributed by atoms with Gasteiger partial charge in [0.15, 0.2) is 0 Å². The van der Waals surface area contributed by atoms with E-state index in [-0.39, 0.29) is 5.91 Å². The molecule has 0 atom stereocenters. The van der Waals surface area contributed by atoms with Crippen molar-refractivity contribution < 1.29 is 14.3 Å². The molecular formula is C24H23NO3. The Morgan fingerprint density at radius 2 is 1.29 bits per heavy atom. The van der Waals surface area contributed by atoms with Crippen LogP contribution in [0.1, 0.15) is 21.5 Å². The quantitative estimate of drug-likeness (QED) is 0.584. The van der Waals surface area contributed by atoms with E-state index in [4.69, 9.17) is 9.47 Å². The molecule has 142 valence electrons. The van der Waals surface area contributed by atoms with Gasteiger partial charge in [0.1, 0.15) is 11.5 Å². The van der Waals surface area contributed by atoms with E-state index >= 15 is 0 Å². The monoisotopic (exact) mass is 373 g/mol. The zero-order chi connectivity index (χ0) is 19.9. The molecule has 0 saturated heterocycles. The van der Waals surface area contributed by atoms with E-state index in [1.54, 1.807) is 43.4 Å². The molecule has 0 aliphatic carbocycles. The van der Waals surface area contributed by atoms with Crippen molar-refractivity contribution in [2.75, 3.05) is 14.2 Å². The highest BCUT2D eigenvalue weighted by Crippen LogP contribution is 2.25. The van der Waals surface area contributed by atoms with Gasteiger partial charge in [-0.15, -0.1) is 0 Å². The fraction of sp³-hybridized carbons (Fsp3) is 0.125. The molecule has 0 unspecified atom stereocenters. The highest BCUT2D eigenvalue weighted by Gasteiger charge is 2.20. The number of carbonyl (C=O) groups is 1. The molecule has 0 aliphatic heterocycles. The van der Waals surface area contributed by atoms with Crippen LogP contribution in [0.2, 0.25) is 0 Å². The summed E-state index contributed by atoms with van der Waals surface area (Å²) in [5.41, 5.74) is 3.09. The lowest BCUT2D eigenvalue weighted by Crippen LogP contribution is -2.28. The van der Waals surface area contributed by atoms with Crippen LogP contribution in [-0.2, 0) is 6.54 Å². The first-order valence-corrected chi connectivity index (χ1v) is 8.95. The first kappa shape index (κ1) is 19.2. The fourth-order valence-electron chi connectivity index (χ4n) is 2.88. The van der Waals surface area contributed by atoms with E-state index in [0.29, 0.717) is 23.6 Å². The Labute approximate surface area is 165 Å². The minimum absolute atomic E-state index is 0.118. The second-order valence-electron chi connectivity index (χ2n) is 6.28. The Bertz CT molecular complexity index is 872. The van der Waals surface area contributed by atoms with Gasteiger partial charge in [-0.1, -0.05) is 36.9 Å². The first-order valence-electron chi connectivity index (χ1n) is 8.95. The van der Waals surface area contributed by atoms with Gasteiger partial charge in [-0.05, 0) is 59.7 Å². The van der Waals surface area contributed by atoms with Crippen LogP contribution in [0.25, 0.3) is 5.70 Å². The average Bonchev–Trinajstić information content (AvgIpc) is 2.77. The molecule has 4 nitrogen and oxygen atoms in total. The Hall–Kier alpha value is -3.53. The summed E-state index contributed by atoms with van der Waals surface area (Å²) in [6.45, 7) is 4.62. The Morgan fingerprint density at radius 3 is 1.79 bits per heavy atom. The summed E-state index contributed by atoms with van der Waals surface area (Å²) in [6, 6.07) is 24.5. The summed E-state index contributed by atoms with van der Waals surface area (Å²) in [7, 11) is 3.22. The van der Waals surface area contributed by atoms with Crippen LogP contribution in [0.5, 0.6) is 11.5 Å². The van der Waals surface area contributed by atoms with Crippen molar-refractivity contribution in [3.63, 3.8) is 0 Å². The SMILES string of the molecule is C=C(c1ccc(OC)cc1)N(Cc1ccccc1)C(=O)c1ccc(OC)cc1. The Balaban J connectivity index is 1.93. The van der Waals surface area contributed by atoms with Crippen LogP contribution >= 0.6 is 0 Å². The van der Waals surface area contributed by atoms with E-state index in [0.717, 1.165) is 16.9 Å². The smallest absolute Gasteiger partial charge is 0.258 e. The van der Waals surface area contributed by atoms with Gasteiger partial charge in [0.25, 0.3) is 5.91 Å². The second-order valence-corrected chi connectivity index (χ2v) is 6.28. The number of hydrogen-bond acceptors (Lipinski definition) is 3. The van der Waals surface area contributed by atoms with Gasteiger partial charge < -0.3 is 14.4 Å². The number of nitrogens with zero attached hydrogens (tertiary/aromatic N) is 1. The number of ether oxygens (including phenoxy) is 2. The lowest BCUT2D eigenvalue weighted by Gasteiger charge is -2.25. The molecule has 0 N–H and O–H groups in total. The zero-order valence-electron chi connectivity index (χ0n) is 16.1. The molecule has 0 heterocycles. The number of rotatable bonds is 7. The second kappa shape index (κ2) is 8.91. The van der Waals surface area contributed by atoms with Gasteiger partial charge in [-0.2, -0.15) is 0 Å². The molecule has 0 saturated carbocycles. The van der Waals surface area contributed by atoms with Crippen molar-refractivity contribution in [2.24, 2.45) is 0 Å². The van der Waals surface area contributed by atoms with Gasteiger partial charge in [0.2, 0.25) is 0 Å². The lowest BCUT2D eigenvalue weighted by atomic mass is 10.1. The maximum Gasteiger partial charge on any atom is 0.258 e. The topological polar surface area (TPSA) is 38.8 Å². The van der Waals surface area contributed by atoms with Crippen LogP contribution in [0.3, 0.4) is 0 Å². The summed E-state index contributed by atoms with van der Waals surface area (Å²) < 4.78 is 10.4. The van der Waals surface area contributed by atoms with Crippen molar-refractivity contribution in [2.45, 2.75) is 6.54 Å². The highest BCUT2D eigenvalue weighted by molar-refractivity contribution is 5.99. The van der Waals surface area contributed by atoms with Crippen LogP contribution in [0, 0.1) is 0 Å². The predicted molar refractivity (Wildman–Crippen MR) is 111 cm³/mol. The minimum Gasteiger partial charge on any atom is -0.497 e. The van der Waals surface area contributed by atoms with Crippen molar-refractivity contribution in [1.29, 1.82) is 0 Å². The molecule has 3 aromatic rings. The third-order valence-corrected chi connectivity index (χ3v) is 4.51. The summed E-state index contributed by atoms with van der Waals surface area (Å²) in [4.78, 5) is 15.0. The third-order valence-electron chi connectivity index (χ3n) is 4.51. The molecule has 3 rings (SSSR count). The van der Waals surface area contributed by atoms with Gasteiger partial charge in [-0.25, -0.2) is 0 Å². The highest BCUT2D eigenvalue weighted by atomic mass is 16.5. The number of benzene rings is 3. The van der Waals surface area contributed by atoms with E-state index in [9.17, 15) is 4.79 Å². The molecule has 4 heteroatoms. The molecule has 1 amide bonds.